The number of nitrogens with zero attached hydrogens (tertiary/aromatic N) is 1. The molecule has 1 aromatic carbocycles. The number of amidine groups is 1. The fraction of sp³-hybridized carbons (Fsp3) is 0. The fourth-order valence-electron chi connectivity index (χ4n) is 0.924. The number of nitro benzene ring substituents is 1. The van der Waals surface area contributed by atoms with Gasteiger partial charge in [0.2, 0.25) is 6.41 Å². The summed E-state index contributed by atoms with van der Waals surface area (Å²) >= 11 is 0. The third-order valence-electron chi connectivity index (χ3n) is 1.62. The maximum atomic E-state index is 10.3. The third-order valence-corrected chi connectivity index (χ3v) is 1.62. The summed E-state index contributed by atoms with van der Waals surface area (Å²) in [5.41, 5.74) is 4.78. The number of nitrogens with one attached hydrogen (secondary N) is 3. The van der Waals surface area contributed by atoms with Gasteiger partial charge in [-0.25, -0.2) is 0 Å². The van der Waals surface area contributed by atoms with Gasteiger partial charge in [-0.3, -0.25) is 31.2 Å². The Bertz CT molecular complexity index is 387. The first-order chi connectivity index (χ1) is 7.15. The fourth-order valence-corrected chi connectivity index (χ4v) is 0.924. The van der Waals surface area contributed by atoms with Crippen LogP contribution < -0.4 is 10.9 Å². The topological polar surface area (TPSA) is 108 Å². The average molecular weight is 208 g/mol. The van der Waals surface area contributed by atoms with Gasteiger partial charge in [0.25, 0.3) is 5.69 Å². The van der Waals surface area contributed by atoms with Crippen molar-refractivity contribution < 1.29 is 9.72 Å². The molecule has 0 aromatic heterocycles. The molecule has 15 heavy (non-hydrogen) atoms. The molecule has 7 nitrogen and oxygen atoms in total. The zero-order chi connectivity index (χ0) is 11.3. The van der Waals surface area contributed by atoms with Crippen LogP contribution in [0.15, 0.2) is 24.3 Å². The van der Waals surface area contributed by atoms with Crippen LogP contribution in [0.25, 0.3) is 0 Å². The lowest BCUT2D eigenvalue weighted by Crippen LogP contribution is -2.36. The van der Waals surface area contributed by atoms with Crippen LogP contribution in [0.3, 0.4) is 0 Å². The molecule has 1 amide bonds. The number of hydrogen-bond donors (Lipinski definition) is 3. The van der Waals surface area contributed by atoms with Gasteiger partial charge in [-0.2, -0.15) is 0 Å². The highest BCUT2D eigenvalue weighted by molar-refractivity contribution is 5.96. The molecule has 0 saturated heterocycles. The smallest absolute Gasteiger partial charge is 0.269 e. The van der Waals surface area contributed by atoms with Crippen molar-refractivity contribution in [3.63, 3.8) is 0 Å². The monoisotopic (exact) mass is 208 g/mol. The second-order valence-corrected chi connectivity index (χ2v) is 2.57. The van der Waals surface area contributed by atoms with E-state index < -0.39 is 4.92 Å². The average Bonchev–Trinajstić information content (AvgIpc) is 2.26. The van der Waals surface area contributed by atoms with E-state index in [1.54, 1.807) is 0 Å². The molecule has 0 saturated carbocycles. The predicted molar refractivity (Wildman–Crippen MR) is 52.3 cm³/mol. The number of benzene rings is 1. The van der Waals surface area contributed by atoms with Gasteiger partial charge in [-0.05, 0) is 12.1 Å². The lowest BCUT2D eigenvalue weighted by atomic mass is 10.2. The normalized spacial score (nSPS) is 9.07. The molecule has 3 N–H and O–H groups in total. The van der Waals surface area contributed by atoms with Crippen LogP contribution in [0.5, 0.6) is 0 Å². The largest absolute Gasteiger partial charge is 0.283 e. The Hall–Kier alpha value is -2.44. The molecule has 1 aromatic rings. The molecule has 0 fully saturated rings. The highest BCUT2D eigenvalue weighted by atomic mass is 16.6. The highest BCUT2D eigenvalue weighted by Gasteiger charge is 2.05. The molecule has 0 heterocycles. The Kier molecular flexibility index (Phi) is 3.33. The van der Waals surface area contributed by atoms with Crippen LogP contribution in [0.2, 0.25) is 0 Å². The highest BCUT2D eigenvalue weighted by Crippen LogP contribution is 2.11. The van der Waals surface area contributed by atoms with Crippen molar-refractivity contribution in [2.24, 2.45) is 0 Å². The van der Waals surface area contributed by atoms with Gasteiger partial charge in [-0.15, -0.1) is 0 Å². The van der Waals surface area contributed by atoms with Crippen molar-refractivity contribution in [3.05, 3.63) is 39.9 Å². The summed E-state index contributed by atoms with van der Waals surface area (Å²) in [6.45, 7) is 0. The predicted octanol–water partition coefficient (Wildman–Crippen LogP) is 0.171. The molecule has 0 aliphatic rings. The number of hydrazine groups is 1. The quantitative estimate of drug-likeness (QED) is 0.215. The van der Waals surface area contributed by atoms with E-state index in [0.717, 1.165) is 0 Å². The van der Waals surface area contributed by atoms with E-state index in [1.807, 2.05) is 0 Å². The van der Waals surface area contributed by atoms with E-state index in [0.29, 0.717) is 12.0 Å². The molecule has 0 radical (unpaired) electrons. The number of nitro groups is 1. The SMILES string of the molecule is N=C(NNC=O)c1ccc([N+](=O)[O-])cc1. The molecule has 7 heteroatoms. The number of amides is 1. The first-order valence-corrected chi connectivity index (χ1v) is 3.93. The van der Waals surface area contributed by atoms with Crippen molar-refractivity contribution in [2.75, 3.05) is 0 Å². The Morgan fingerprint density at radius 3 is 2.47 bits per heavy atom. The second-order valence-electron chi connectivity index (χ2n) is 2.57. The van der Waals surface area contributed by atoms with Gasteiger partial charge in [-0.1, -0.05) is 0 Å². The molecule has 0 aliphatic heterocycles. The minimum Gasteiger partial charge on any atom is -0.283 e. The van der Waals surface area contributed by atoms with Crippen LogP contribution in [0.1, 0.15) is 5.56 Å². The van der Waals surface area contributed by atoms with Gasteiger partial charge < -0.3 is 0 Å². The first kappa shape index (κ1) is 10.6. The number of non-ortho nitro benzene ring substituents is 1. The first-order valence-electron chi connectivity index (χ1n) is 3.93. The summed E-state index contributed by atoms with van der Waals surface area (Å²) in [4.78, 5) is 19.7. The van der Waals surface area contributed by atoms with E-state index in [1.165, 1.54) is 24.3 Å². The number of rotatable bonds is 4. The van der Waals surface area contributed by atoms with Crippen LogP contribution in [0, 0.1) is 15.5 Å². The zero-order valence-electron chi connectivity index (χ0n) is 7.56. The van der Waals surface area contributed by atoms with Crippen LogP contribution in [0.4, 0.5) is 5.69 Å². The standard InChI is InChI=1S/C8H8N4O3/c9-8(11-10-5-13)6-1-3-7(4-2-6)12(14)15/h1-5H,(H2,9,11)(H,10,13). The number of carbonyl (C=O) groups is 1. The molecule has 1 rings (SSSR count). The second kappa shape index (κ2) is 4.70. The summed E-state index contributed by atoms with van der Waals surface area (Å²) in [5.74, 6) is -0.0444. The van der Waals surface area contributed by atoms with Crippen molar-refractivity contribution in [1.29, 1.82) is 5.41 Å². The van der Waals surface area contributed by atoms with Crippen molar-refractivity contribution >= 4 is 17.9 Å². The van der Waals surface area contributed by atoms with Crippen molar-refractivity contribution in [2.45, 2.75) is 0 Å². The number of hydrogen-bond acceptors (Lipinski definition) is 4. The summed E-state index contributed by atoms with van der Waals surface area (Å²) < 4.78 is 0. The van der Waals surface area contributed by atoms with Gasteiger partial charge in [0.1, 0.15) is 5.84 Å². The third kappa shape index (κ3) is 2.76. The van der Waals surface area contributed by atoms with Gasteiger partial charge in [0.05, 0.1) is 4.92 Å². The summed E-state index contributed by atoms with van der Waals surface area (Å²) in [5, 5.41) is 17.7. The Balaban J connectivity index is 2.75. The van der Waals surface area contributed by atoms with Crippen LogP contribution >= 0.6 is 0 Å². The van der Waals surface area contributed by atoms with Crippen LogP contribution in [-0.4, -0.2) is 17.2 Å². The Morgan fingerprint density at radius 2 is 2.00 bits per heavy atom. The van der Waals surface area contributed by atoms with E-state index in [9.17, 15) is 14.9 Å². The maximum Gasteiger partial charge on any atom is 0.269 e. The van der Waals surface area contributed by atoms with E-state index in [2.05, 4.69) is 10.9 Å². The van der Waals surface area contributed by atoms with Gasteiger partial charge in [0.15, 0.2) is 0 Å². The minimum absolute atomic E-state index is 0.0444. The zero-order valence-corrected chi connectivity index (χ0v) is 7.56. The van der Waals surface area contributed by atoms with Crippen LogP contribution in [-0.2, 0) is 4.79 Å². The van der Waals surface area contributed by atoms with Gasteiger partial charge in [0, 0.05) is 17.7 Å². The lowest BCUT2D eigenvalue weighted by Gasteiger charge is -2.04. The molecule has 0 bridgehead atoms. The molecular weight excluding hydrogens is 200 g/mol. The summed E-state index contributed by atoms with van der Waals surface area (Å²) in [6.07, 6.45) is 0.389. The molecule has 0 unspecified atom stereocenters. The van der Waals surface area contributed by atoms with Crippen molar-refractivity contribution in [1.82, 2.24) is 10.9 Å². The van der Waals surface area contributed by atoms with E-state index in [4.69, 9.17) is 5.41 Å². The van der Waals surface area contributed by atoms with E-state index >= 15 is 0 Å². The summed E-state index contributed by atoms with van der Waals surface area (Å²) in [7, 11) is 0. The Morgan fingerprint density at radius 1 is 1.40 bits per heavy atom. The molecule has 0 aliphatic carbocycles. The molecular formula is C8H8N4O3. The van der Waals surface area contributed by atoms with Crippen molar-refractivity contribution in [3.8, 4) is 0 Å². The lowest BCUT2D eigenvalue weighted by molar-refractivity contribution is -0.384. The summed E-state index contributed by atoms with van der Waals surface area (Å²) in [6, 6.07) is 5.40. The minimum atomic E-state index is -0.523. The maximum absolute atomic E-state index is 10.3. The number of carbonyl (C=O) groups excluding carboxylic acids is 1. The van der Waals surface area contributed by atoms with Gasteiger partial charge >= 0.3 is 0 Å². The Labute approximate surface area is 84.7 Å². The molecule has 78 valence electrons. The molecule has 0 spiro atoms. The van der Waals surface area contributed by atoms with E-state index in [-0.39, 0.29) is 11.5 Å². The molecule has 0 atom stereocenters.